The van der Waals surface area contributed by atoms with Crippen molar-refractivity contribution in [2.45, 2.75) is 6.92 Å². The maximum Gasteiger partial charge on any atom is 0.0403 e. The summed E-state index contributed by atoms with van der Waals surface area (Å²) in [6, 6.07) is 4.15. The summed E-state index contributed by atoms with van der Waals surface area (Å²) in [5.74, 6) is 0. The highest BCUT2D eigenvalue weighted by Crippen LogP contribution is 2.17. The van der Waals surface area contributed by atoms with Crippen molar-refractivity contribution in [1.82, 2.24) is 0 Å². The first kappa shape index (κ1) is 8.49. The minimum absolute atomic E-state index is 1.10. The number of hydrogen-bond acceptors (Lipinski definition) is 0. The summed E-state index contributed by atoms with van der Waals surface area (Å²) in [4.78, 5) is 0. The monoisotopic (exact) mass is 278 g/mol. The largest absolute Gasteiger partial charge is 0.0529 e. The van der Waals surface area contributed by atoms with Crippen LogP contribution in [0.25, 0.3) is 0 Å². The van der Waals surface area contributed by atoms with E-state index in [2.05, 4.69) is 50.9 Å². The Bertz CT molecular complexity index is 231. The van der Waals surface area contributed by atoms with Gasteiger partial charge in [0.05, 0.1) is 0 Å². The van der Waals surface area contributed by atoms with E-state index in [9.17, 15) is 0 Å². The first-order valence-electron chi connectivity index (χ1n) is 3.04. The molecule has 10 heavy (non-hydrogen) atoms. The molecule has 3 heteroatoms. The summed E-state index contributed by atoms with van der Waals surface area (Å²) < 4.78 is 2.44. The molecule has 0 unspecified atom stereocenters. The molecule has 0 radical (unpaired) electrons. The zero-order chi connectivity index (χ0) is 7.72. The standard InChI is InChI=1S/C7H8Br2Si/c1-4-5(8)2-3-6(9)7(4)10/h2-3H,1,10H3. The van der Waals surface area contributed by atoms with Crippen molar-refractivity contribution < 1.29 is 0 Å². The molecule has 0 saturated carbocycles. The van der Waals surface area contributed by atoms with Crippen LogP contribution in [0.5, 0.6) is 0 Å². The predicted octanol–water partition coefficient (Wildman–Crippen LogP) is 1.51. The second-order valence-corrected chi connectivity index (χ2v) is 4.99. The van der Waals surface area contributed by atoms with Crippen molar-refractivity contribution >= 4 is 47.3 Å². The Labute approximate surface area is 80.7 Å². The van der Waals surface area contributed by atoms with Gasteiger partial charge in [-0.15, -0.1) is 0 Å². The molecule has 1 aromatic rings. The Morgan fingerprint density at radius 3 is 2.20 bits per heavy atom. The van der Waals surface area contributed by atoms with Gasteiger partial charge in [-0.05, 0) is 24.6 Å². The topological polar surface area (TPSA) is 0 Å². The molecular weight excluding hydrogens is 272 g/mol. The fraction of sp³-hybridized carbons (Fsp3) is 0.143. The lowest BCUT2D eigenvalue weighted by atomic mass is 10.2. The molecule has 0 saturated heterocycles. The van der Waals surface area contributed by atoms with Gasteiger partial charge in [0.1, 0.15) is 0 Å². The van der Waals surface area contributed by atoms with Crippen molar-refractivity contribution in [3.05, 3.63) is 26.6 Å². The molecule has 0 spiro atoms. The average Bonchev–Trinajstić information content (AvgIpc) is 1.93. The molecule has 0 N–H and O–H groups in total. The highest BCUT2D eigenvalue weighted by atomic mass is 79.9. The summed E-state index contributed by atoms with van der Waals surface area (Å²) in [6.45, 7) is 2.14. The molecule has 0 aromatic heterocycles. The van der Waals surface area contributed by atoms with E-state index in [1.165, 1.54) is 19.7 Å². The zero-order valence-electron chi connectivity index (χ0n) is 5.91. The van der Waals surface area contributed by atoms with Crippen LogP contribution in [0.4, 0.5) is 0 Å². The molecule has 1 rings (SSSR count). The van der Waals surface area contributed by atoms with Gasteiger partial charge >= 0.3 is 0 Å². The summed E-state index contributed by atoms with van der Waals surface area (Å²) in [7, 11) is 1.10. The second kappa shape index (κ2) is 3.20. The van der Waals surface area contributed by atoms with Crippen LogP contribution in [-0.4, -0.2) is 10.2 Å². The van der Waals surface area contributed by atoms with Crippen molar-refractivity contribution in [2.75, 3.05) is 0 Å². The van der Waals surface area contributed by atoms with E-state index in [1.807, 2.05) is 0 Å². The van der Waals surface area contributed by atoms with E-state index in [1.54, 1.807) is 0 Å². The van der Waals surface area contributed by atoms with Crippen molar-refractivity contribution in [3.63, 3.8) is 0 Å². The number of benzene rings is 1. The van der Waals surface area contributed by atoms with Gasteiger partial charge in [0, 0.05) is 19.2 Å². The second-order valence-electron chi connectivity index (χ2n) is 2.28. The fourth-order valence-corrected chi connectivity index (χ4v) is 2.42. The molecule has 0 fully saturated rings. The average molecular weight is 280 g/mol. The molecule has 0 aliphatic carbocycles. The molecule has 0 bridgehead atoms. The molecule has 0 amide bonds. The molecular formula is C7H8Br2Si. The van der Waals surface area contributed by atoms with Gasteiger partial charge < -0.3 is 0 Å². The summed E-state index contributed by atoms with van der Waals surface area (Å²) in [5, 5.41) is 1.44. The van der Waals surface area contributed by atoms with Crippen LogP contribution in [0, 0.1) is 6.92 Å². The fourth-order valence-electron chi connectivity index (χ4n) is 0.755. The van der Waals surface area contributed by atoms with E-state index in [0.717, 1.165) is 10.2 Å². The minimum atomic E-state index is 1.10. The normalized spacial score (nSPS) is 10.3. The van der Waals surface area contributed by atoms with Gasteiger partial charge in [0.2, 0.25) is 0 Å². The number of rotatable bonds is 0. The zero-order valence-corrected chi connectivity index (χ0v) is 11.1. The van der Waals surface area contributed by atoms with E-state index >= 15 is 0 Å². The van der Waals surface area contributed by atoms with Crippen LogP contribution in [0.2, 0.25) is 0 Å². The quantitative estimate of drug-likeness (QED) is 0.632. The van der Waals surface area contributed by atoms with Crippen molar-refractivity contribution in [1.29, 1.82) is 0 Å². The molecule has 0 aliphatic rings. The third-order valence-corrected chi connectivity index (χ3v) is 5.39. The first-order chi connectivity index (χ1) is 4.63. The van der Waals surface area contributed by atoms with Crippen LogP contribution in [0.1, 0.15) is 5.56 Å². The SMILES string of the molecule is Cc1c(Br)ccc(Br)c1[SiH3]. The van der Waals surface area contributed by atoms with Gasteiger partial charge in [-0.2, -0.15) is 0 Å². The maximum atomic E-state index is 3.49. The first-order valence-corrected chi connectivity index (χ1v) is 5.62. The van der Waals surface area contributed by atoms with Gasteiger partial charge in [0.15, 0.2) is 0 Å². The van der Waals surface area contributed by atoms with E-state index in [0.29, 0.717) is 0 Å². The van der Waals surface area contributed by atoms with Crippen molar-refractivity contribution in [2.24, 2.45) is 0 Å². The third-order valence-electron chi connectivity index (χ3n) is 1.65. The molecule has 0 heterocycles. The molecule has 0 atom stereocenters. The Balaban J connectivity index is 3.34. The Hall–Kier alpha value is 0.397. The van der Waals surface area contributed by atoms with Crippen LogP contribution in [0.15, 0.2) is 21.1 Å². The maximum absolute atomic E-state index is 3.49. The Morgan fingerprint density at radius 1 is 1.20 bits per heavy atom. The summed E-state index contributed by atoms with van der Waals surface area (Å²) in [5.41, 5.74) is 1.36. The van der Waals surface area contributed by atoms with E-state index < -0.39 is 0 Å². The minimum Gasteiger partial charge on any atom is -0.0529 e. The lowest BCUT2D eigenvalue weighted by molar-refractivity contribution is 1.46. The third kappa shape index (κ3) is 1.52. The molecule has 0 nitrogen and oxygen atoms in total. The Kier molecular flexibility index (Phi) is 2.71. The van der Waals surface area contributed by atoms with Crippen LogP contribution >= 0.6 is 31.9 Å². The summed E-state index contributed by atoms with van der Waals surface area (Å²) in [6.07, 6.45) is 0. The van der Waals surface area contributed by atoms with E-state index in [4.69, 9.17) is 0 Å². The number of halogens is 2. The van der Waals surface area contributed by atoms with Crippen LogP contribution in [0.3, 0.4) is 0 Å². The number of hydrogen-bond donors (Lipinski definition) is 0. The van der Waals surface area contributed by atoms with E-state index in [-0.39, 0.29) is 0 Å². The van der Waals surface area contributed by atoms with Gasteiger partial charge in [-0.1, -0.05) is 37.0 Å². The smallest absolute Gasteiger partial charge is 0.0403 e. The lowest BCUT2D eigenvalue weighted by Crippen LogP contribution is -2.09. The van der Waals surface area contributed by atoms with Crippen LogP contribution in [-0.2, 0) is 0 Å². The van der Waals surface area contributed by atoms with Crippen LogP contribution < -0.4 is 5.19 Å². The molecule has 1 aromatic carbocycles. The Morgan fingerprint density at radius 2 is 1.70 bits per heavy atom. The summed E-state index contributed by atoms with van der Waals surface area (Å²) >= 11 is 6.98. The van der Waals surface area contributed by atoms with Crippen molar-refractivity contribution in [3.8, 4) is 0 Å². The molecule has 0 aliphatic heterocycles. The van der Waals surface area contributed by atoms with Gasteiger partial charge in [-0.3, -0.25) is 0 Å². The molecule has 54 valence electrons. The highest BCUT2D eigenvalue weighted by molar-refractivity contribution is 9.11. The van der Waals surface area contributed by atoms with Gasteiger partial charge in [-0.25, -0.2) is 0 Å². The van der Waals surface area contributed by atoms with Gasteiger partial charge in [0.25, 0.3) is 0 Å². The predicted molar refractivity (Wildman–Crippen MR) is 56.2 cm³/mol. The lowest BCUT2D eigenvalue weighted by Gasteiger charge is -2.03. The highest BCUT2D eigenvalue weighted by Gasteiger charge is 1.99.